The zero-order chi connectivity index (χ0) is 16.6. The van der Waals surface area contributed by atoms with Crippen molar-refractivity contribution in [3.63, 3.8) is 0 Å². The summed E-state index contributed by atoms with van der Waals surface area (Å²) in [5.41, 5.74) is 6.88. The first-order valence-corrected chi connectivity index (χ1v) is 8.48. The molecule has 0 aliphatic carbocycles. The first kappa shape index (κ1) is 15.7. The Morgan fingerprint density at radius 1 is 1.00 bits per heavy atom. The molecule has 118 valence electrons. The van der Waals surface area contributed by atoms with Gasteiger partial charge in [0.25, 0.3) is 0 Å². The van der Waals surface area contributed by atoms with Gasteiger partial charge in [-0.3, -0.25) is 4.79 Å². The molecule has 3 rings (SSSR count). The van der Waals surface area contributed by atoms with Gasteiger partial charge in [-0.1, -0.05) is 29.5 Å². The second-order valence-corrected chi connectivity index (χ2v) is 7.10. The minimum atomic E-state index is -0.0271. The summed E-state index contributed by atoms with van der Waals surface area (Å²) in [5.74, 6) is -0.0271. The van der Waals surface area contributed by atoms with Crippen molar-refractivity contribution in [2.24, 2.45) is 0 Å². The summed E-state index contributed by atoms with van der Waals surface area (Å²) in [6.07, 6.45) is 0.370. The SMILES string of the molecule is Cc1ccc(CC(=O)Nc2nc3cc(C)c(C)cc3s2)cc1C. The summed E-state index contributed by atoms with van der Waals surface area (Å²) in [6, 6.07) is 10.3. The second kappa shape index (κ2) is 6.13. The molecule has 0 spiro atoms. The van der Waals surface area contributed by atoms with E-state index < -0.39 is 0 Å². The van der Waals surface area contributed by atoms with Crippen molar-refractivity contribution >= 4 is 32.6 Å². The van der Waals surface area contributed by atoms with E-state index in [1.165, 1.54) is 33.6 Å². The van der Waals surface area contributed by atoms with Crippen molar-refractivity contribution in [1.82, 2.24) is 4.98 Å². The molecule has 2 aromatic carbocycles. The number of nitrogens with one attached hydrogen (secondary N) is 1. The summed E-state index contributed by atoms with van der Waals surface area (Å²) >= 11 is 1.52. The van der Waals surface area contributed by atoms with Crippen LogP contribution in [0.15, 0.2) is 30.3 Å². The topological polar surface area (TPSA) is 42.0 Å². The maximum absolute atomic E-state index is 12.2. The zero-order valence-electron chi connectivity index (χ0n) is 13.9. The molecule has 3 nitrogen and oxygen atoms in total. The highest BCUT2D eigenvalue weighted by Gasteiger charge is 2.10. The fraction of sp³-hybridized carbons (Fsp3) is 0.263. The maximum Gasteiger partial charge on any atom is 0.230 e. The Hall–Kier alpha value is -2.20. The Kier molecular flexibility index (Phi) is 4.18. The lowest BCUT2D eigenvalue weighted by Gasteiger charge is -2.05. The number of rotatable bonds is 3. The van der Waals surface area contributed by atoms with Crippen LogP contribution in [0.5, 0.6) is 0 Å². The molecule has 0 aliphatic rings. The summed E-state index contributed by atoms with van der Waals surface area (Å²) in [6.45, 7) is 8.30. The number of aromatic nitrogens is 1. The van der Waals surface area contributed by atoms with Crippen molar-refractivity contribution in [2.75, 3.05) is 5.32 Å². The van der Waals surface area contributed by atoms with Crippen LogP contribution in [0, 0.1) is 27.7 Å². The molecule has 0 atom stereocenters. The van der Waals surface area contributed by atoms with Gasteiger partial charge in [-0.25, -0.2) is 4.98 Å². The van der Waals surface area contributed by atoms with Gasteiger partial charge in [0.2, 0.25) is 5.91 Å². The normalized spacial score (nSPS) is 11.0. The van der Waals surface area contributed by atoms with Gasteiger partial charge >= 0.3 is 0 Å². The van der Waals surface area contributed by atoms with Crippen LogP contribution in [0.1, 0.15) is 27.8 Å². The summed E-state index contributed by atoms with van der Waals surface area (Å²) in [5, 5.41) is 3.59. The Balaban J connectivity index is 1.75. The summed E-state index contributed by atoms with van der Waals surface area (Å²) < 4.78 is 1.11. The first-order chi connectivity index (χ1) is 10.9. The molecule has 0 radical (unpaired) electrons. The Morgan fingerprint density at radius 2 is 1.70 bits per heavy atom. The van der Waals surface area contributed by atoms with Crippen LogP contribution in [0.25, 0.3) is 10.2 Å². The molecular formula is C19H20N2OS. The molecule has 0 unspecified atom stereocenters. The standard InChI is InChI=1S/C19H20N2OS/c1-11-5-6-15(7-12(11)2)10-18(22)21-19-20-16-8-13(3)14(4)9-17(16)23-19/h5-9H,10H2,1-4H3,(H,20,21,22). The van der Waals surface area contributed by atoms with E-state index >= 15 is 0 Å². The van der Waals surface area contributed by atoms with Crippen LogP contribution in [0.4, 0.5) is 5.13 Å². The minimum absolute atomic E-state index is 0.0271. The van der Waals surface area contributed by atoms with Gasteiger partial charge < -0.3 is 5.32 Å². The smallest absolute Gasteiger partial charge is 0.230 e. The first-order valence-electron chi connectivity index (χ1n) is 7.66. The number of carbonyl (C=O) groups excluding carboxylic acids is 1. The van der Waals surface area contributed by atoms with Gasteiger partial charge in [0.15, 0.2) is 5.13 Å². The molecule has 1 aromatic heterocycles. The maximum atomic E-state index is 12.2. The molecule has 0 aliphatic heterocycles. The highest BCUT2D eigenvalue weighted by molar-refractivity contribution is 7.22. The minimum Gasteiger partial charge on any atom is -0.302 e. The number of aryl methyl sites for hydroxylation is 4. The quantitative estimate of drug-likeness (QED) is 0.758. The van der Waals surface area contributed by atoms with E-state index in [0.717, 1.165) is 15.8 Å². The monoisotopic (exact) mass is 324 g/mol. The van der Waals surface area contributed by atoms with Crippen LogP contribution in [0.3, 0.4) is 0 Å². The summed E-state index contributed by atoms with van der Waals surface area (Å²) in [4.78, 5) is 16.8. The Morgan fingerprint density at radius 3 is 2.43 bits per heavy atom. The van der Waals surface area contributed by atoms with E-state index in [2.05, 4.69) is 62.3 Å². The van der Waals surface area contributed by atoms with E-state index in [4.69, 9.17) is 0 Å². The summed E-state index contributed by atoms with van der Waals surface area (Å²) in [7, 11) is 0. The Bertz CT molecular complexity index is 857. The highest BCUT2D eigenvalue weighted by atomic mass is 32.1. The number of benzene rings is 2. The predicted molar refractivity (Wildman–Crippen MR) is 97.3 cm³/mol. The number of thiazole rings is 1. The molecule has 0 fully saturated rings. The number of carbonyl (C=O) groups is 1. The third-order valence-corrected chi connectivity index (χ3v) is 5.12. The average molecular weight is 324 g/mol. The van der Waals surface area contributed by atoms with E-state index in [1.807, 2.05) is 6.07 Å². The van der Waals surface area contributed by atoms with Crippen molar-refractivity contribution in [3.05, 3.63) is 58.1 Å². The van der Waals surface area contributed by atoms with Gasteiger partial charge in [-0.15, -0.1) is 0 Å². The molecule has 1 heterocycles. The molecular weight excluding hydrogens is 304 g/mol. The third-order valence-electron chi connectivity index (χ3n) is 4.19. The molecule has 0 bridgehead atoms. The van der Waals surface area contributed by atoms with Gasteiger partial charge in [-0.05, 0) is 67.6 Å². The van der Waals surface area contributed by atoms with E-state index in [0.29, 0.717) is 11.6 Å². The molecule has 4 heteroatoms. The number of fused-ring (bicyclic) bond motifs is 1. The Labute approximate surface area is 140 Å². The van der Waals surface area contributed by atoms with Crippen molar-refractivity contribution in [2.45, 2.75) is 34.1 Å². The van der Waals surface area contributed by atoms with Crippen molar-refractivity contribution in [3.8, 4) is 0 Å². The molecule has 3 aromatic rings. The van der Waals surface area contributed by atoms with Gasteiger partial charge in [0.05, 0.1) is 16.6 Å². The van der Waals surface area contributed by atoms with Crippen LogP contribution >= 0.6 is 11.3 Å². The number of hydrogen-bond acceptors (Lipinski definition) is 3. The van der Waals surface area contributed by atoms with E-state index in [9.17, 15) is 4.79 Å². The van der Waals surface area contributed by atoms with Crippen LogP contribution < -0.4 is 5.32 Å². The molecule has 23 heavy (non-hydrogen) atoms. The fourth-order valence-corrected chi connectivity index (χ4v) is 3.46. The molecule has 0 saturated heterocycles. The molecule has 1 amide bonds. The zero-order valence-corrected chi connectivity index (χ0v) is 14.7. The number of nitrogens with zero attached hydrogens (tertiary/aromatic N) is 1. The number of anilines is 1. The lowest BCUT2D eigenvalue weighted by atomic mass is 10.0. The molecule has 0 saturated carbocycles. The second-order valence-electron chi connectivity index (χ2n) is 6.07. The van der Waals surface area contributed by atoms with Gasteiger partial charge in [0, 0.05) is 0 Å². The van der Waals surface area contributed by atoms with E-state index in [1.54, 1.807) is 0 Å². The number of amides is 1. The van der Waals surface area contributed by atoms with Gasteiger partial charge in [-0.2, -0.15) is 0 Å². The average Bonchev–Trinajstić information content (AvgIpc) is 2.84. The van der Waals surface area contributed by atoms with Gasteiger partial charge in [0.1, 0.15) is 0 Å². The fourth-order valence-electron chi connectivity index (χ4n) is 2.50. The predicted octanol–water partition coefficient (Wildman–Crippen LogP) is 4.71. The number of hydrogen-bond donors (Lipinski definition) is 1. The van der Waals surface area contributed by atoms with Crippen molar-refractivity contribution < 1.29 is 4.79 Å². The third kappa shape index (κ3) is 3.42. The lowest BCUT2D eigenvalue weighted by molar-refractivity contribution is -0.115. The van der Waals surface area contributed by atoms with Crippen molar-refractivity contribution in [1.29, 1.82) is 0 Å². The largest absolute Gasteiger partial charge is 0.302 e. The molecule has 1 N–H and O–H groups in total. The van der Waals surface area contributed by atoms with Crippen LogP contribution in [-0.2, 0) is 11.2 Å². The van der Waals surface area contributed by atoms with Crippen LogP contribution in [-0.4, -0.2) is 10.9 Å². The van der Waals surface area contributed by atoms with Crippen LogP contribution in [0.2, 0.25) is 0 Å². The highest BCUT2D eigenvalue weighted by Crippen LogP contribution is 2.28. The lowest BCUT2D eigenvalue weighted by Crippen LogP contribution is -2.14. The van der Waals surface area contributed by atoms with E-state index in [-0.39, 0.29) is 5.91 Å².